The normalized spacial score (nSPS) is 13.0. The van der Waals surface area contributed by atoms with E-state index >= 15 is 0 Å². The van der Waals surface area contributed by atoms with E-state index in [1.54, 1.807) is 18.1 Å². The quantitative estimate of drug-likeness (QED) is 0.518. The van der Waals surface area contributed by atoms with Gasteiger partial charge in [0.25, 0.3) is 5.91 Å². The van der Waals surface area contributed by atoms with E-state index in [1.807, 2.05) is 35.1 Å². The molecule has 0 bridgehead atoms. The lowest BCUT2D eigenvalue weighted by molar-refractivity contribution is 0.0794. The van der Waals surface area contributed by atoms with E-state index in [0.717, 1.165) is 27.6 Å². The van der Waals surface area contributed by atoms with Crippen molar-refractivity contribution in [1.29, 1.82) is 5.26 Å². The first-order valence-corrected chi connectivity index (χ1v) is 9.27. The Morgan fingerprint density at radius 1 is 1.38 bits per heavy atom. The second kappa shape index (κ2) is 7.41. The Kier molecular flexibility index (Phi) is 4.79. The van der Waals surface area contributed by atoms with Gasteiger partial charge in [-0.1, -0.05) is 24.8 Å². The van der Waals surface area contributed by atoms with Crippen molar-refractivity contribution in [2.75, 3.05) is 26.0 Å². The Morgan fingerprint density at radius 3 is 2.97 bits per heavy atom. The highest BCUT2D eigenvalue weighted by atomic mass is 16.5. The van der Waals surface area contributed by atoms with E-state index in [0.29, 0.717) is 36.5 Å². The Morgan fingerprint density at radius 2 is 2.21 bits per heavy atom. The first-order chi connectivity index (χ1) is 14.0. The Hall–Kier alpha value is -3.63. The molecule has 1 aliphatic heterocycles. The zero-order valence-corrected chi connectivity index (χ0v) is 16.2. The fourth-order valence-electron chi connectivity index (χ4n) is 3.76. The molecule has 2 aromatic carbocycles. The van der Waals surface area contributed by atoms with E-state index < -0.39 is 0 Å². The van der Waals surface area contributed by atoms with E-state index in [4.69, 9.17) is 15.7 Å². The molecule has 1 aromatic heterocycles. The van der Waals surface area contributed by atoms with Gasteiger partial charge in [0, 0.05) is 30.3 Å². The van der Waals surface area contributed by atoms with Crippen molar-refractivity contribution in [1.82, 2.24) is 14.7 Å². The van der Waals surface area contributed by atoms with Gasteiger partial charge in [0.2, 0.25) is 0 Å². The van der Waals surface area contributed by atoms with Crippen LogP contribution in [0.2, 0.25) is 0 Å². The predicted octanol–water partition coefficient (Wildman–Crippen LogP) is 2.97. The lowest BCUT2D eigenvalue weighted by atomic mass is 9.95. The number of nitrogens with zero attached hydrogens (tertiary/aromatic N) is 4. The highest BCUT2D eigenvalue weighted by molar-refractivity contribution is 6.05. The molecule has 29 heavy (non-hydrogen) atoms. The van der Waals surface area contributed by atoms with E-state index in [9.17, 15) is 4.79 Å². The van der Waals surface area contributed by atoms with Gasteiger partial charge in [0.15, 0.2) is 0 Å². The average molecular weight is 387 g/mol. The van der Waals surface area contributed by atoms with Crippen molar-refractivity contribution in [3.63, 3.8) is 0 Å². The zero-order chi connectivity index (χ0) is 20.5. The van der Waals surface area contributed by atoms with Gasteiger partial charge < -0.3 is 15.4 Å². The van der Waals surface area contributed by atoms with Crippen LogP contribution in [0.25, 0.3) is 22.0 Å². The second-order valence-electron chi connectivity index (χ2n) is 7.07. The molecule has 4 rings (SSSR count). The number of carbonyl (C=O) groups excluding carboxylic acids is 1. The summed E-state index contributed by atoms with van der Waals surface area (Å²) in [5.74, 6) is -0.165. The summed E-state index contributed by atoms with van der Waals surface area (Å²) in [4.78, 5) is 14.5. The van der Waals surface area contributed by atoms with Crippen LogP contribution in [0.15, 0.2) is 48.7 Å². The molecule has 0 unspecified atom stereocenters. The van der Waals surface area contributed by atoms with Crippen LogP contribution in [-0.2, 0) is 17.8 Å². The van der Waals surface area contributed by atoms with Crippen molar-refractivity contribution in [2.24, 2.45) is 0 Å². The summed E-state index contributed by atoms with van der Waals surface area (Å²) >= 11 is 0. The number of nitrogens with two attached hydrogens (primary N) is 1. The second-order valence-corrected chi connectivity index (χ2v) is 7.07. The van der Waals surface area contributed by atoms with Gasteiger partial charge in [-0.15, -0.1) is 0 Å². The van der Waals surface area contributed by atoms with Crippen molar-refractivity contribution in [2.45, 2.75) is 13.1 Å². The molecule has 0 radical (unpaired) electrons. The first-order valence-electron chi connectivity index (χ1n) is 9.27. The number of amides is 1. The summed E-state index contributed by atoms with van der Waals surface area (Å²) in [5.41, 5.74) is 11.3. The van der Waals surface area contributed by atoms with Crippen LogP contribution in [0, 0.1) is 11.3 Å². The molecule has 7 heteroatoms. The number of benzene rings is 2. The van der Waals surface area contributed by atoms with Gasteiger partial charge in [-0.05, 0) is 28.8 Å². The number of ether oxygens (including phenoxy) is 1. The highest BCUT2D eigenvalue weighted by Gasteiger charge is 2.32. The van der Waals surface area contributed by atoms with Crippen molar-refractivity contribution < 1.29 is 9.53 Å². The highest BCUT2D eigenvalue weighted by Crippen LogP contribution is 2.37. The minimum Gasteiger partial charge on any atom is -0.398 e. The molecular weight excluding hydrogens is 366 g/mol. The van der Waals surface area contributed by atoms with Gasteiger partial charge in [0.05, 0.1) is 43.0 Å². The summed E-state index contributed by atoms with van der Waals surface area (Å²) in [6, 6.07) is 11.8. The molecule has 1 amide bonds. The Bertz CT molecular complexity index is 1170. The number of nitrogen functional groups attached to an aromatic ring is 1. The minimum atomic E-state index is -0.165. The van der Waals surface area contributed by atoms with Crippen LogP contribution >= 0.6 is 0 Å². The van der Waals surface area contributed by atoms with Gasteiger partial charge >= 0.3 is 0 Å². The Labute approximate surface area is 168 Å². The topological polar surface area (TPSA) is 97.2 Å². The van der Waals surface area contributed by atoms with Gasteiger partial charge in [-0.25, -0.2) is 0 Å². The average Bonchev–Trinajstić information content (AvgIpc) is 3.27. The summed E-state index contributed by atoms with van der Waals surface area (Å²) in [6.45, 7) is 5.52. The lowest BCUT2D eigenvalue weighted by Crippen LogP contribution is -2.26. The van der Waals surface area contributed by atoms with Crippen LogP contribution in [0.5, 0.6) is 0 Å². The maximum Gasteiger partial charge on any atom is 0.256 e. The van der Waals surface area contributed by atoms with Gasteiger partial charge in [-0.2, -0.15) is 10.4 Å². The number of hydrogen-bond acceptors (Lipinski definition) is 5. The molecule has 0 saturated heterocycles. The predicted molar refractivity (Wildman–Crippen MR) is 111 cm³/mol. The number of hydrogen-bond donors (Lipinski definition) is 1. The number of methoxy groups -OCH3 is 1. The minimum absolute atomic E-state index is 0.165. The van der Waals surface area contributed by atoms with Gasteiger partial charge in [0.1, 0.15) is 0 Å². The maximum absolute atomic E-state index is 12.9. The van der Waals surface area contributed by atoms with Crippen LogP contribution < -0.4 is 5.73 Å². The number of anilines is 1. The van der Waals surface area contributed by atoms with Crippen LogP contribution in [0.1, 0.15) is 15.9 Å². The van der Waals surface area contributed by atoms with E-state index in [2.05, 4.69) is 17.7 Å². The molecule has 2 heterocycles. The molecule has 0 fully saturated rings. The smallest absolute Gasteiger partial charge is 0.256 e. The molecular formula is C22H21N5O2. The van der Waals surface area contributed by atoms with Crippen LogP contribution in [0.3, 0.4) is 0 Å². The number of rotatable bonds is 6. The number of aromatic nitrogens is 2. The molecule has 146 valence electrons. The lowest BCUT2D eigenvalue weighted by Gasteiger charge is -2.14. The first kappa shape index (κ1) is 18.7. The third kappa shape index (κ3) is 3.24. The summed E-state index contributed by atoms with van der Waals surface area (Å²) < 4.78 is 7.08. The van der Waals surface area contributed by atoms with Crippen molar-refractivity contribution in [3.8, 4) is 17.2 Å². The Balaban J connectivity index is 1.77. The monoisotopic (exact) mass is 387 g/mol. The summed E-state index contributed by atoms with van der Waals surface area (Å²) in [7, 11) is 1.67. The number of nitriles is 1. The summed E-state index contributed by atoms with van der Waals surface area (Å²) in [5, 5.41) is 14.5. The van der Waals surface area contributed by atoms with Crippen molar-refractivity contribution >= 4 is 22.5 Å². The van der Waals surface area contributed by atoms with Crippen molar-refractivity contribution in [3.05, 3.63) is 59.8 Å². The molecule has 2 N–H and O–H groups in total. The summed E-state index contributed by atoms with van der Waals surface area (Å²) in [6.07, 6.45) is 1.83. The molecule has 0 spiro atoms. The fraction of sp³-hybridized carbons (Fsp3) is 0.227. The molecule has 3 aromatic rings. The largest absolute Gasteiger partial charge is 0.398 e. The molecule has 7 nitrogen and oxygen atoms in total. The number of fused-ring (bicyclic) bond motifs is 2. The molecule has 0 saturated carbocycles. The third-order valence-electron chi connectivity index (χ3n) is 5.20. The third-order valence-corrected chi connectivity index (χ3v) is 5.20. The zero-order valence-electron chi connectivity index (χ0n) is 16.2. The SMILES string of the molecule is C=C(C#N)CN1Cc2c(-c3ccc4cnn(CCOC)c4c3)ccc(N)c2C1=O. The van der Waals surface area contributed by atoms with E-state index in [1.165, 1.54) is 0 Å². The molecule has 1 aliphatic rings. The molecule has 0 aliphatic carbocycles. The fourth-order valence-corrected chi connectivity index (χ4v) is 3.76. The van der Waals surface area contributed by atoms with E-state index in [-0.39, 0.29) is 12.5 Å². The number of carbonyl (C=O) groups is 1. The maximum atomic E-state index is 12.9. The van der Waals surface area contributed by atoms with Crippen LogP contribution in [0.4, 0.5) is 5.69 Å². The van der Waals surface area contributed by atoms with Crippen LogP contribution in [-0.4, -0.2) is 40.8 Å². The standard InChI is InChI=1S/C22H21N5O2/c1-14(10-23)12-26-13-18-17(5-6-19(24)21(18)22(26)28)15-3-4-16-11-25-27(7-8-29-2)20(16)9-15/h3-6,9,11H,1,7-8,12-13,24H2,2H3. The van der Waals surface area contributed by atoms with Gasteiger partial charge in [-0.3, -0.25) is 9.48 Å². The molecule has 0 atom stereocenters.